The van der Waals surface area contributed by atoms with E-state index in [-0.39, 0.29) is 50.4 Å². The third-order valence-corrected chi connectivity index (χ3v) is 11.8. The highest BCUT2D eigenvalue weighted by atomic mass is 16.6. The number of rotatable bonds is 52. The summed E-state index contributed by atoms with van der Waals surface area (Å²) in [6.07, 6.45) is 99.7. The first-order valence-electron chi connectivity index (χ1n) is 30.6. The maximum Gasteiger partial charge on any atom is 0.306 e. The molecule has 1 atom stereocenters. The Hall–Kier alpha value is -6.01. The van der Waals surface area contributed by atoms with Gasteiger partial charge in [-0.25, -0.2) is 0 Å². The van der Waals surface area contributed by atoms with E-state index in [9.17, 15) is 14.4 Å². The molecule has 0 aliphatic heterocycles. The number of hydrogen-bond donors (Lipinski definition) is 0. The minimum Gasteiger partial charge on any atom is -0.462 e. The molecule has 0 fully saturated rings. The fraction of sp³-hybridized carbons (Fsp3) is 0.493. The van der Waals surface area contributed by atoms with Crippen LogP contribution in [0.2, 0.25) is 0 Å². The van der Waals surface area contributed by atoms with Gasteiger partial charge in [0.2, 0.25) is 0 Å². The molecule has 0 spiro atoms. The van der Waals surface area contributed by atoms with Crippen molar-refractivity contribution in [1.29, 1.82) is 0 Å². The van der Waals surface area contributed by atoms with Gasteiger partial charge in [-0.2, -0.15) is 0 Å². The molecule has 0 aromatic rings. The number of carbonyl (C=O) groups is 3. The van der Waals surface area contributed by atoms with Gasteiger partial charge < -0.3 is 14.2 Å². The molecular weight excluding hydrogens is 973 g/mol. The number of ether oxygens (including phenoxy) is 3. The summed E-state index contributed by atoms with van der Waals surface area (Å²) in [6, 6.07) is 0. The summed E-state index contributed by atoms with van der Waals surface area (Å²) < 4.78 is 16.8. The van der Waals surface area contributed by atoms with Crippen molar-refractivity contribution in [3.05, 3.63) is 207 Å². The Kier molecular flexibility index (Phi) is 59.6. The maximum atomic E-state index is 12.9. The van der Waals surface area contributed by atoms with Crippen LogP contribution in [-0.2, 0) is 28.6 Å². The van der Waals surface area contributed by atoms with E-state index < -0.39 is 6.10 Å². The van der Waals surface area contributed by atoms with Crippen molar-refractivity contribution in [3.63, 3.8) is 0 Å². The van der Waals surface area contributed by atoms with E-state index >= 15 is 0 Å². The summed E-state index contributed by atoms with van der Waals surface area (Å²) in [5.74, 6) is -1.07. The van der Waals surface area contributed by atoms with Gasteiger partial charge in [0.05, 0.1) is 0 Å². The first kappa shape index (κ1) is 73.0. The predicted molar refractivity (Wildman–Crippen MR) is 343 cm³/mol. The van der Waals surface area contributed by atoms with Crippen molar-refractivity contribution in [1.82, 2.24) is 0 Å². The van der Waals surface area contributed by atoms with Crippen molar-refractivity contribution in [2.45, 2.75) is 219 Å². The molecule has 79 heavy (non-hydrogen) atoms. The van der Waals surface area contributed by atoms with Gasteiger partial charge >= 0.3 is 17.9 Å². The lowest BCUT2D eigenvalue weighted by Crippen LogP contribution is -2.30. The minimum absolute atomic E-state index is 0.139. The Morgan fingerprint density at radius 3 is 0.709 bits per heavy atom. The number of esters is 3. The van der Waals surface area contributed by atoms with Gasteiger partial charge in [-0.15, -0.1) is 0 Å². The maximum absolute atomic E-state index is 12.9. The van der Waals surface area contributed by atoms with Crippen LogP contribution in [0.25, 0.3) is 0 Å². The number of unbranched alkanes of at least 4 members (excludes halogenated alkanes) is 7. The summed E-state index contributed by atoms with van der Waals surface area (Å²) >= 11 is 0. The quantitative estimate of drug-likeness (QED) is 0.0261. The van der Waals surface area contributed by atoms with Crippen molar-refractivity contribution >= 4 is 17.9 Å². The third-order valence-electron chi connectivity index (χ3n) is 11.8. The number of carbonyl (C=O) groups excluding carboxylic acids is 3. The lowest BCUT2D eigenvalue weighted by Gasteiger charge is -2.18. The van der Waals surface area contributed by atoms with Crippen molar-refractivity contribution in [3.8, 4) is 0 Å². The molecule has 0 aliphatic rings. The normalized spacial score (nSPS) is 13.6. The highest BCUT2D eigenvalue weighted by molar-refractivity contribution is 5.71. The Morgan fingerprint density at radius 2 is 0.456 bits per heavy atom. The van der Waals surface area contributed by atoms with Gasteiger partial charge in [-0.1, -0.05) is 234 Å². The van der Waals surface area contributed by atoms with Gasteiger partial charge in [0.15, 0.2) is 6.10 Å². The zero-order valence-corrected chi connectivity index (χ0v) is 49.8. The third kappa shape index (κ3) is 62.7. The zero-order chi connectivity index (χ0) is 57.1. The molecule has 0 aromatic carbocycles. The van der Waals surface area contributed by atoms with Crippen molar-refractivity contribution < 1.29 is 28.6 Å². The second kappa shape index (κ2) is 64.5. The molecule has 0 heterocycles. The smallest absolute Gasteiger partial charge is 0.306 e. The van der Waals surface area contributed by atoms with E-state index in [2.05, 4.69) is 227 Å². The van der Waals surface area contributed by atoms with Crippen LogP contribution in [0, 0.1) is 0 Å². The average molecular weight is 1080 g/mol. The van der Waals surface area contributed by atoms with E-state index in [0.717, 1.165) is 154 Å². The summed E-state index contributed by atoms with van der Waals surface area (Å²) in [5, 5.41) is 0. The molecule has 0 rings (SSSR count). The Labute approximate surface area is 483 Å². The molecule has 0 N–H and O–H groups in total. The molecule has 0 radical (unpaired) electrons. The van der Waals surface area contributed by atoms with Gasteiger partial charge in [0, 0.05) is 19.3 Å². The summed E-state index contributed by atoms with van der Waals surface area (Å²) in [6.45, 7) is 6.17. The van der Waals surface area contributed by atoms with Crippen molar-refractivity contribution in [2.24, 2.45) is 0 Å². The Morgan fingerprint density at radius 1 is 0.253 bits per heavy atom. The van der Waals surface area contributed by atoms with Crippen LogP contribution in [0.3, 0.4) is 0 Å². The highest BCUT2D eigenvalue weighted by Crippen LogP contribution is 2.11. The molecule has 0 bridgehead atoms. The highest BCUT2D eigenvalue weighted by Gasteiger charge is 2.19. The Bertz CT molecular complexity index is 1960. The molecule has 0 aliphatic carbocycles. The minimum atomic E-state index is -0.846. The summed E-state index contributed by atoms with van der Waals surface area (Å²) in [7, 11) is 0. The van der Waals surface area contributed by atoms with E-state index in [0.29, 0.717) is 19.3 Å². The topological polar surface area (TPSA) is 78.9 Å². The standard InChI is InChI=1S/C73H108O6/c1-4-7-10-13-16-19-22-25-28-30-32-33-34-35-36-37-38-39-41-42-45-48-51-54-57-60-63-66-72(75)78-69-70(68-77-71(74)65-62-59-56-53-50-47-44-27-24-21-18-15-12-9-6-3)79-73(76)67-64-61-58-55-52-49-46-43-40-31-29-26-23-20-17-14-11-8-5-2/h7-12,16-21,25-29,32-33,35-36,38-40,42-45,49-54,70H,4-6,13-15,22-24,30-31,34,37,41,46-48,55-69H2,1-3H3/b10-7-,11-8-,12-9-,19-16-,20-17-,21-18-,28-25-,29-26-,33-32-,36-35-,39-38-,43-40-,44-27-,45-42-,52-49-,53-50-,54-51-. The molecule has 436 valence electrons. The van der Waals surface area contributed by atoms with Crippen LogP contribution in [0.4, 0.5) is 0 Å². The average Bonchev–Trinajstić information content (AvgIpc) is 3.45. The lowest BCUT2D eigenvalue weighted by molar-refractivity contribution is -0.167. The summed E-state index contributed by atoms with van der Waals surface area (Å²) in [4.78, 5) is 38.2. The molecule has 0 aromatic heterocycles. The molecular formula is C73H108O6. The monoisotopic (exact) mass is 1080 g/mol. The second-order valence-electron chi connectivity index (χ2n) is 19.1. The molecule has 1 unspecified atom stereocenters. The number of allylic oxidation sites excluding steroid dienone is 34. The van der Waals surface area contributed by atoms with Gasteiger partial charge in [0.25, 0.3) is 0 Å². The largest absolute Gasteiger partial charge is 0.462 e. The molecule has 0 saturated carbocycles. The fourth-order valence-corrected chi connectivity index (χ4v) is 7.30. The van der Waals surface area contributed by atoms with E-state index in [1.165, 1.54) is 0 Å². The zero-order valence-electron chi connectivity index (χ0n) is 49.8. The fourth-order valence-electron chi connectivity index (χ4n) is 7.30. The first-order valence-corrected chi connectivity index (χ1v) is 30.6. The van der Waals surface area contributed by atoms with Crippen LogP contribution < -0.4 is 0 Å². The van der Waals surface area contributed by atoms with Gasteiger partial charge in [0.1, 0.15) is 13.2 Å². The van der Waals surface area contributed by atoms with Crippen molar-refractivity contribution in [2.75, 3.05) is 13.2 Å². The molecule has 0 saturated heterocycles. The second-order valence-corrected chi connectivity index (χ2v) is 19.1. The molecule has 6 heteroatoms. The Balaban J connectivity index is 4.60. The van der Waals surface area contributed by atoms with Crippen LogP contribution >= 0.6 is 0 Å². The molecule has 6 nitrogen and oxygen atoms in total. The van der Waals surface area contributed by atoms with Crippen LogP contribution in [-0.4, -0.2) is 37.2 Å². The van der Waals surface area contributed by atoms with Gasteiger partial charge in [-0.3, -0.25) is 14.4 Å². The lowest BCUT2D eigenvalue weighted by atomic mass is 10.1. The number of hydrogen-bond acceptors (Lipinski definition) is 6. The first-order chi connectivity index (χ1) is 39.0. The van der Waals surface area contributed by atoms with Crippen LogP contribution in [0.1, 0.15) is 213 Å². The van der Waals surface area contributed by atoms with Crippen LogP contribution in [0.5, 0.6) is 0 Å². The summed E-state index contributed by atoms with van der Waals surface area (Å²) in [5.41, 5.74) is 0. The van der Waals surface area contributed by atoms with E-state index in [4.69, 9.17) is 14.2 Å². The predicted octanol–water partition coefficient (Wildman–Crippen LogP) is 21.2. The molecule has 0 amide bonds. The van der Waals surface area contributed by atoms with Gasteiger partial charge in [-0.05, 0) is 167 Å². The van der Waals surface area contributed by atoms with Crippen LogP contribution in [0.15, 0.2) is 207 Å². The SMILES string of the molecule is CC/C=C\C/C=C\C/C=C\C/C=C\C/C=C\C/C=C\C/C=C\C/C=C\CCCCC(=O)OCC(COC(=O)CCCC/C=C\C/C=C\C/C=C\C/C=C\CC)OC(=O)CCCCC/C=C\C/C=C\C/C=C\C/C=C\C/C=C\CC. The van der Waals surface area contributed by atoms with E-state index in [1.54, 1.807) is 0 Å². The van der Waals surface area contributed by atoms with E-state index in [1.807, 2.05) is 0 Å².